The molecule has 0 aromatic heterocycles. The summed E-state index contributed by atoms with van der Waals surface area (Å²) in [5.41, 5.74) is 0. The summed E-state index contributed by atoms with van der Waals surface area (Å²) in [4.78, 5) is 0. The summed E-state index contributed by atoms with van der Waals surface area (Å²) in [6.07, 6.45) is 22.5. The van der Waals surface area contributed by atoms with Gasteiger partial charge >= 0.3 is 0 Å². The lowest BCUT2D eigenvalue weighted by Crippen LogP contribution is -1.72. The molecule has 0 heteroatoms. The molecular formula is C16H28. The van der Waals surface area contributed by atoms with Crippen molar-refractivity contribution in [3.05, 3.63) is 37.0 Å². The Morgan fingerprint density at radius 1 is 0.688 bits per heavy atom. The Labute approximate surface area is 102 Å². The zero-order valence-electron chi connectivity index (χ0n) is 11.0. The minimum atomic E-state index is 1.16. The van der Waals surface area contributed by atoms with Crippen LogP contribution in [0.4, 0.5) is 0 Å². The van der Waals surface area contributed by atoms with Gasteiger partial charge in [0.15, 0.2) is 0 Å². The Morgan fingerprint density at radius 3 is 1.75 bits per heavy atom. The van der Waals surface area contributed by atoms with Gasteiger partial charge in [0.2, 0.25) is 0 Å². The van der Waals surface area contributed by atoms with Crippen LogP contribution < -0.4 is 0 Å². The van der Waals surface area contributed by atoms with Crippen LogP contribution in [0.25, 0.3) is 0 Å². The van der Waals surface area contributed by atoms with Gasteiger partial charge in [-0.2, -0.15) is 0 Å². The normalized spacial score (nSPS) is 11.6. The molecule has 0 aromatic rings. The van der Waals surface area contributed by atoms with Gasteiger partial charge in [-0.15, -0.1) is 6.58 Å². The van der Waals surface area contributed by atoms with E-state index in [2.05, 4.69) is 37.8 Å². The first-order valence-electron chi connectivity index (χ1n) is 6.82. The SMILES string of the molecule is C=CCCCCC=CCCC=CCCCC. The largest absolute Gasteiger partial charge is 0.103 e. The number of rotatable bonds is 11. The molecule has 0 saturated carbocycles. The Balaban J connectivity index is 3.14. The van der Waals surface area contributed by atoms with Crippen molar-refractivity contribution >= 4 is 0 Å². The van der Waals surface area contributed by atoms with Crippen molar-refractivity contribution in [2.24, 2.45) is 0 Å². The Morgan fingerprint density at radius 2 is 1.19 bits per heavy atom. The van der Waals surface area contributed by atoms with Crippen LogP contribution in [0.5, 0.6) is 0 Å². The van der Waals surface area contributed by atoms with Crippen molar-refractivity contribution < 1.29 is 0 Å². The van der Waals surface area contributed by atoms with E-state index in [1.165, 1.54) is 51.4 Å². The molecule has 0 saturated heterocycles. The Hall–Kier alpha value is -0.780. The smallest absolute Gasteiger partial charge is 0.0316 e. The molecule has 0 atom stereocenters. The van der Waals surface area contributed by atoms with Gasteiger partial charge in [0.1, 0.15) is 0 Å². The summed E-state index contributed by atoms with van der Waals surface area (Å²) >= 11 is 0. The Bertz CT molecular complexity index is 186. The maximum Gasteiger partial charge on any atom is -0.0316 e. The second-order valence-electron chi connectivity index (χ2n) is 4.24. The molecule has 0 aliphatic rings. The van der Waals surface area contributed by atoms with Crippen LogP contribution in [0.1, 0.15) is 64.7 Å². The molecule has 92 valence electrons. The van der Waals surface area contributed by atoms with E-state index in [0.29, 0.717) is 0 Å². The molecule has 0 rings (SSSR count). The zero-order valence-corrected chi connectivity index (χ0v) is 11.0. The zero-order chi connectivity index (χ0) is 11.9. The van der Waals surface area contributed by atoms with Crippen LogP contribution in [0.3, 0.4) is 0 Å². The van der Waals surface area contributed by atoms with E-state index in [9.17, 15) is 0 Å². The molecule has 16 heavy (non-hydrogen) atoms. The first kappa shape index (κ1) is 15.2. The average molecular weight is 220 g/mol. The molecule has 0 aliphatic heterocycles. The molecule has 0 amide bonds. The van der Waals surface area contributed by atoms with Crippen LogP contribution in [0.15, 0.2) is 37.0 Å². The van der Waals surface area contributed by atoms with Crippen LogP contribution in [-0.4, -0.2) is 0 Å². The average Bonchev–Trinajstić information content (AvgIpc) is 2.31. The lowest BCUT2D eigenvalue weighted by molar-refractivity contribution is 0.761. The van der Waals surface area contributed by atoms with Crippen molar-refractivity contribution in [2.45, 2.75) is 64.7 Å². The van der Waals surface area contributed by atoms with Gasteiger partial charge in [-0.3, -0.25) is 0 Å². The van der Waals surface area contributed by atoms with Crippen molar-refractivity contribution in [1.29, 1.82) is 0 Å². The highest BCUT2D eigenvalue weighted by Gasteiger charge is 1.83. The first-order chi connectivity index (χ1) is 7.91. The predicted octanol–water partition coefficient (Wildman–Crippen LogP) is 5.82. The second kappa shape index (κ2) is 14.2. The number of hydrogen-bond donors (Lipinski definition) is 0. The fourth-order valence-electron chi connectivity index (χ4n) is 1.54. The quantitative estimate of drug-likeness (QED) is 0.304. The fourth-order valence-corrected chi connectivity index (χ4v) is 1.54. The maximum absolute atomic E-state index is 3.72. The van der Waals surface area contributed by atoms with E-state index in [0.717, 1.165) is 6.42 Å². The lowest BCUT2D eigenvalue weighted by atomic mass is 10.1. The maximum atomic E-state index is 3.72. The van der Waals surface area contributed by atoms with Crippen molar-refractivity contribution in [1.82, 2.24) is 0 Å². The predicted molar refractivity (Wildman–Crippen MR) is 75.7 cm³/mol. The monoisotopic (exact) mass is 220 g/mol. The van der Waals surface area contributed by atoms with E-state index in [-0.39, 0.29) is 0 Å². The fraction of sp³-hybridized carbons (Fsp3) is 0.625. The van der Waals surface area contributed by atoms with Crippen molar-refractivity contribution in [3.8, 4) is 0 Å². The summed E-state index contributed by atoms with van der Waals surface area (Å²) < 4.78 is 0. The third-order valence-electron chi connectivity index (χ3n) is 2.59. The van der Waals surface area contributed by atoms with Gasteiger partial charge in [0.05, 0.1) is 0 Å². The molecule has 0 spiro atoms. The minimum Gasteiger partial charge on any atom is -0.103 e. The molecule has 0 aromatic carbocycles. The lowest BCUT2D eigenvalue weighted by Gasteiger charge is -1.92. The molecule has 0 radical (unpaired) electrons. The van der Waals surface area contributed by atoms with Gasteiger partial charge in [0.25, 0.3) is 0 Å². The van der Waals surface area contributed by atoms with Crippen molar-refractivity contribution in [2.75, 3.05) is 0 Å². The highest BCUT2D eigenvalue weighted by molar-refractivity contribution is 4.88. The topological polar surface area (TPSA) is 0 Å². The van der Waals surface area contributed by atoms with E-state index < -0.39 is 0 Å². The number of allylic oxidation sites excluding steroid dienone is 5. The minimum absolute atomic E-state index is 1.16. The van der Waals surface area contributed by atoms with Gasteiger partial charge < -0.3 is 0 Å². The molecule has 0 fully saturated rings. The van der Waals surface area contributed by atoms with Crippen LogP contribution in [-0.2, 0) is 0 Å². The highest BCUT2D eigenvalue weighted by atomic mass is 13.9. The third-order valence-corrected chi connectivity index (χ3v) is 2.59. The highest BCUT2D eigenvalue weighted by Crippen LogP contribution is 2.03. The van der Waals surface area contributed by atoms with E-state index >= 15 is 0 Å². The third kappa shape index (κ3) is 13.2. The summed E-state index contributed by atoms with van der Waals surface area (Å²) in [5, 5.41) is 0. The van der Waals surface area contributed by atoms with Crippen LogP contribution >= 0.6 is 0 Å². The van der Waals surface area contributed by atoms with E-state index in [1.807, 2.05) is 6.08 Å². The standard InChI is InChI=1S/C16H28/c1-3-5-7-9-11-13-15-16-14-12-10-8-6-4-2/h3,10,12-13,15H,1,4-9,11,14,16H2,2H3. The van der Waals surface area contributed by atoms with E-state index in [4.69, 9.17) is 0 Å². The van der Waals surface area contributed by atoms with Crippen LogP contribution in [0.2, 0.25) is 0 Å². The van der Waals surface area contributed by atoms with Gasteiger partial charge in [-0.25, -0.2) is 0 Å². The second-order valence-corrected chi connectivity index (χ2v) is 4.24. The molecule has 0 nitrogen and oxygen atoms in total. The molecule has 0 bridgehead atoms. The van der Waals surface area contributed by atoms with Gasteiger partial charge in [0, 0.05) is 0 Å². The van der Waals surface area contributed by atoms with Crippen LogP contribution in [0, 0.1) is 0 Å². The summed E-state index contributed by atoms with van der Waals surface area (Å²) in [6, 6.07) is 0. The number of unbranched alkanes of at least 4 members (excludes halogenated alkanes) is 6. The molecule has 0 N–H and O–H groups in total. The summed E-state index contributed by atoms with van der Waals surface area (Å²) in [5.74, 6) is 0. The molecule has 0 aliphatic carbocycles. The van der Waals surface area contributed by atoms with Gasteiger partial charge in [-0.1, -0.05) is 50.1 Å². The first-order valence-corrected chi connectivity index (χ1v) is 6.82. The number of hydrogen-bond acceptors (Lipinski definition) is 0. The van der Waals surface area contributed by atoms with Crippen molar-refractivity contribution in [3.63, 3.8) is 0 Å². The molecule has 0 unspecified atom stereocenters. The van der Waals surface area contributed by atoms with Gasteiger partial charge in [-0.05, 0) is 44.9 Å². The molecular weight excluding hydrogens is 192 g/mol. The summed E-state index contributed by atoms with van der Waals surface area (Å²) in [7, 11) is 0. The molecule has 0 heterocycles. The summed E-state index contributed by atoms with van der Waals surface area (Å²) in [6.45, 7) is 5.96. The Kier molecular flexibility index (Phi) is 13.5. The van der Waals surface area contributed by atoms with E-state index in [1.54, 1.807) is 0 Å².